The lowest BCUT2D eigenvalue weighted by molar-refractivity contribution is 0.484. The van der Waals surface area contributed by atoms with E-state index in [-0.39, 0.29) is 0 Å². The van der Waals surface area contributed by atoms with Crippen molar-refractivity contribution >= 4 is 0 Å². The Bertz CT molecular complexity index is 471. The summed E-state index contributed by atoms with van der Waals surface area (Å²) in [5.41, 5.74) is 2.36. The summed E-state index contributed by atoms with van der Waals surface area (Å²) in [5.74, 6) is 0.727. The van der Waals surface area contributed by atoms with Gasteiger partial charge in [-0.1, -0.05) is 0 Å². The molecule has 1 unspecified atom stereocenters. The number of rotatable bonds is 3. The number of aromatic nitrogens is 3. The minimum Gasteiger partial charge on any atom is -0.330 e. The Morgan fingerprint density at radius 1 is 1.29 bits per heavy atom. The molecule has 4 nitrogen and oxygen atoms in total. The van der Waals surface area contributed by atoms with Gasteiger partial charge in [0.15, 0.2) is 0 Å². The maximum atomic E-state index is 4.26. The van der Waals surface area contributed by atoms with Gasteiger partial charge in [0.2, 0.25) is 0 Å². The standard InChI is InChI=1S/C13H16N4/c1-4-15-7-11(1)9-17-10-16-8-13(17)12-2-5-14-6-3-12/h2-3,5-6,8,10-11,15H,1,4,7,9H2. The van der Waals surface area contributed by atoms with Crippen molar-refractivity contribution in [1.82, 2.24) is 19.9 Å². The van der Waals surface area contributed by atoms with E-state index in [9.17, 15) is 0 Å². The van der Waals surface area contributed by atoms with Crippen LogP contribution in [0, 0.1) is 5.92 Å². The molecule has 17 heavy (non-hydrogen) atoms. The minimum atomic E-state index is 0.727. The molecule has 88 valence electrons. The molecular weight excluding hydrogens is 212 g/mol. The van der Waals surface area contributed by atoms with Gasteiger partial charge in [0.05, 0.1) is 18.2 Å². The number of nitrogens with one attached hydrogen (secondary N) is 1. The molecule has 0 aliphatic carbocycles. The number of imidazole rings is 1. The Morgan fingerprint density at radius 2 is 2.18 bits per heavy atom. The average Bonchev–Trinajstić information content (AvgIpc) is 3.02. The third-order valence-electron chi connectivity index (χ3n) is 3.31. The molecule has 0 bridgehead atoms. The molecule has 0 saturated carbocycles. The Morgan fingerprint density at radius 3 is 2.94 bits per heavy atom. The first-order valence-corrected chi connectivity index (χ1v) is 6.05. The fourth-order valence-corrected chi connectivity index (χ4v) is 2.38. The van der Waals surface area contributed by atoms with Crippen molar-refractivity contribution in [3.63, 3.8) is 0 Å². The monoisotopic (exact) mass is 228 g/mol. The van der Waals surface area contributed by atoms with E-state index in [4.69, 9.17) is 0 Å². The lowest BCUT2D eigenvalue weighted by atomic mass is 10.1. The van der Waals surface area contributed by atoms with Gasteiger partial charge in [0.25, 0.3) is 0 Å². The summed E-state index contributed by atoms with van der Waals surface area (Å²) in [6, 6.07) is 4.06. The van der Waals surface area contributed by atoms with Gasteiger partial charge >= 0.3 is 0 Å². The van der Waals surface area contributed by atoms with E-state index < -0.39 is 0 Å². The van der Waals surface area contributed by atoms with Crippen LogP contribution in [0.3, 0.4) is 0 Å². The fourth-order valence-electron chi connectivity index (χ4n) is 2.38. The molecule has 4 heteroatoms. The molecule has 0 radical (unpaired) electrons. The fraction of sp³-hybridized carbons (Fsp3) is 0.385. The van der Waals surface area contributed by atoms with Gasteiger partial charge in [0.1, 0.15) is 0 Å². The molecule has 1 atom stereocenters. The van der Waals surface area contributed by atoms with E-state index >= 15 is 0 Å². The maximum absolute atomic E-state index is 4.26. The van der Waals surface area contributed by atoms with Crippen molar-refractivity contribution < 1.29 is 0 Å². The summed E-state index contributed by atoms with van der Waals surface area (Å²) in [6.07, 6.45) is 8.76. The highest BCUT2D eigenvalue weighted by atomic mass is 15.1. The normalized spacial score (nSPS) is 19.6. The molecule has 2 aromatic heterocycles. The highest BCUT2D eigenvalue weighted by Crippen LogP contribution is 2.20. The summed E-state index contributed by atoms with van der Waals surface area (Å²) in [4.78, 5) is 8.31. The predicted octanol–water partition coefficient (Wildman–Crippen LogP) is 1.55. The van der Waals surface area contributed by atoms with Crippen molar-refractivity contribution in [3.05, 3.63) is 37.1 Å². The number of hydrogen-bond donors (Lipinski definition) is 1. The summed E-state index contributed by atoms with van der Waals surface area (Å²) in [7, 11) is 0. The zero-order chi connectivity index (χ0) is 11.5. The SMILES string of the molecule is c1cc(-c2cncn2CC2CCNC2)ccn1. The quantitative estimate of drug-likeness (QED) is 0.866. The van der Waals surface area contributed by atoms with Crippen LogP contribution in [0.25, 0.3) is 11.3 Å². The van der Waals surface area contributed by atoms with Crippen molar-refractivity contribution in [2.24, 2.45) is 5.92 Å². The molecule has 0 spiro atoms. The second-order valence-corrected chi connectivity index (χ2v) is 4.53. The third-order valence-corrected chi connectivity index (χ3v) is 3.31. The Kier molecular flexibility index (Phi) is 2.88. The molecule has 3 heterocycles. The molecule has 1 N–H and O–H groups in total. The van der Waals surface area contributed by atoms with Crippen molar-refractivity contribution in [1.29, 1.82) is 0 Å². The van der Waals surface area contributed by atoms with E-state index in [0.717, 1.165) is 25.6 Å². The molecule has 0 aromatic carbocycles. The van der Waals surface area contributed by atoms with Crippen LogP contribution < -0.4 is 5.32 Å². The van der Waals surface area contributed by atoms with Crippen LogP contribution in [0.2, 0.25) is 0 Å². The van der Waals surface area contributed by atoms with Gasteiger partial charge in [-0.25, -0.2) is 4.98 Å². The molecule has 1 saturated heterocycles. The van der Waals surface area contributed by atoms with Gasteiger partial charge in [-0.2, -0.15) is 0 Å². The minimum absolute atomic E-state index is 0.727. The van der Waals surface area contributed by atoms with Crippen molar-refractivity contribution in [3.8, 4) is 11.3 Å². The number of hydrogen-bond acceptors (Lipinski definition) is 3. The zero-order valence-electron chi connectivity index (χ0n) is 9.71. The van der Waals surface area contributed by atoms with Crippen molar-refractivity contribution in [2.75, 3.05) is 13.1 Å². The van der Waals surface area contributed by atoms with Crippen LogP contribution in [-0.4, -0.2) is 27.6 Å². The number of nitrogens with zero attached hydrogens (tertiary/aromatic N) is 3. The van der Waals surface area contributed by atoms with Gasteiger partial charge in [-0.3, -0.25) is 4.98 Å². The lowest BCUT2D eigenvalue weighted by Gasteiger charge is -2.12. The van der Waals surface area contributed by atoms with Crippen LogP contribution in [0.1, 0.15) is 6.42 Å². The van der Waals surface area contributed by atoms with Gasteiger partial charge < -0.3 is 9.88 Å². The third kappa shape index (κ3) is 2.22. The molecule has 0 amide bonds. The zero-order valence-corrected chi connectivity index (χ0v) is 9.71. The first-order valence-electron chi connectivity index (χ1n) is 6.05. The Hall–Kier alpha value is -1.68. The van der Waals surface area contributed by atoms with Crippen LogP contribution >= 0.6 is 0 Å². The summed E-state index contributed by atoms with van der Waals surface area (Å²) in [6.45, 7) is 3.31. The van der Waals surface area contributed by atoms with Crippen LogP contribution in [0.15, 0.2) is 37.1 Å². The molecule has 1 fully saturated rings. The molecule has 2 aromatic rings. The Balaban J connectivity index is 1.84. The highest BCUT2D eigenvalue weighted by molar-refractivity contribution is 5.57. The van der Waals surface area contributed by atoms with E-state index in [0.29, 0.717) is 0 Å². The van der Waals surface area contributed by atoms with Gasteiger partial charge in [-0.05, 0) is 37.6 Å². The summed E-state index contributed by atoms with van der Waals surface area (Å²) < 4.78 is 2.24. The first-order chi connectivity index (χ1) is 8.43. The average molecular weight is 228 g/mol. The van der Waals surface area contributed by atoms with Crippen LogP contribution in [-0.2, 0) is 6.54 Å². The molecular formula is C13H16N4. The van der Waals surface area contributed by atoms with E-state index in [1.165, 1.54) is 17.7 Å². The van der Waals surface area contributed by atoms with E-state index in [1.54, 1.807) is 0 Å². The topological polar surface area (TPSA) is 42.7 Å². The summed E-state index contributed by atoms with van der Waals surface area (Å²) >= 11 is 0. The Labute approximate surface area is 101 Å². The smallest absolute Gasteiger partial charge is 0.0951 e. The maximum Gasteiger partial charge on any atom is 0.0951 e. The predicted molar refractivity (Wildman–Crippen MR) is 66.4 cm³/mol. The second kappa shape index (κ2) is 4.67. The summed E-state index contributed by atoms with van der Waals surface area (Å²) in [5, 5.41) is 3.40. The van der Waals surface area contributed by atoms with Crippen LogP contribution in [0.4, 0.5) is 0 Å². The highest BCUT2D eigenvalue weighted by Gasteiger charge is 2.16. The molecule has 1 aliphatic heterocycles. The molecule has 3 rings (SSSR count). The molecule has 1 aliphatic rings. The number of pyridine rings is 1. The lowest BCUT2D eigenvalue weighted by Crippen LogP contribution is -2.14. The first kappa shape index (κ1) is 10.5. The second-order valence-electron chi connectivity index (χ2n) is 4.53. The van der Waals surface area contributed by atoms with E-state index in [2.05, 4.69) is 19.9 Å². The van der Waals surface area contributed by atoms with Crippen LogP contribution in [0.5, 0.6) is 0 Å². The van der Waals surface area contributed by atoms with E-state index in [1.807, 2.05) is 37.1 Å². The van der Waals surface area contributed by atoms with Crippen molar-refractivity contribution in [2.45, 2.75) is 13.0 Å². The van der Waals surface area contributed by atoms with Gasteiger partial charge in [0, 0.05) is 24.5 Å². The van der Waals surface area contributed by atoms with Gasteiger partial charge in [-0.15, -0.1) is 0 Å². The largest absolute Gasteiger partial charge is 0.330 e.